The number of benzene rings is 1. The molecule has 0 fully saturated rings. The molecule has 0 aliphatic carbocycles. The molecular weight excluding hydrogens is 325 g/mol. The summed E-state index contributed by atoms with van der Waals surface area (Å²) in [5, 5.41) is 0. The van der Waals surface area contributed by atoms with Crippen LogP contribution in [-0.2, 0) is 6.18 Å². The maximum Gasteiger partial charge on any atom is 0.416 e. The van der Waals surface area contributed by atoms with Gasteiger partial charge >= 0.3 is 6.18 Å². The average Bonchev–Trinajstić information content (AvgIpc) is 2.53. The Labute approximate surface area is 136 Å². The first-order valence-corrected chi connectivity index (χ1v) is 6.76. The number of ether oxygens (including phenoxy) is 1. The summed E-state index contributed by atoms with van der Waals surface area (Å²) in [5.41, 5.74) is 1.65. The Morgan fingerprint density at radius 2 is 1.96 bits per heavy atom. The van der Waals surface area contributed by atoms with E-state index in [0.29, 0.717) is 5.69 Å². The summed E-state index contributed by atoms with van der Waals surface area (Å²) >= 11 is 0. The van der Waals surface area contributed by atoms with E-state index >= 15 is 0 Å². The number of nitrogens with two attached hydrogens (primary N) is 1. The van der Waals surface area contributed by atoms with E-state index in [1.807, 2.05) is 5.43 Å². The quantitative estimate of drug-likeness (QED) is 0.508. The van der Waals surface area contributed by atoms with Crippen LogP contribution in [0.2, 0.25) is 0 Å². The van der Waals surface area contributed by atoms with Crippen molar-refractivity contribution in [3.63, 3.8) is 0 Å². The molecule has 0 saturated carbocycles. The van der Waals surface area contributed by atoms with Gasteiger partial charge in [-0.3, -0.25) is 10.2 Å². The number of alkyl halides is 3. The highest BCUT2D eigenvalue weighted by molar-refractivity contribution is 5.92. The van der Waals surface area contributed by atoms with E-state index in [1.54, 1.807) is 19.0 Å². The van der Waals surface area contributed by atoms with Crippen molar-refractivity contribution in [3.05, 3.63) is 47.7 Å². The van der Waals surface area contributed by atoms with Gasteiger partial charge in [-0.05, 0) is 24.3 Å². The summed E-state index contributed by atoms with van der Waals surface area (Å²) in [4.78, 5) is 17.3. The fraction of sp³-hybridized carbons (Fsp3) is 0.200. The molecule has 0 spiro atoms. The van der Waals surface area contributed by atoms with Gasteiger partial charge in [0.2, 0.25) is 5.88 Å². The molecule has 0 aliphatic heterocycles. The number of nitrogens with zero attached hydrogens (tertiary/aromatic N) is 2. The van der Waals surface area contributed by atoms with Crippen molar-refractivity contribution in [1.82, 2.24) is 10.4 Å². The van der Waals surface area contributed by atoms with Gasteiger partial charge in [0.25, 0.3) is 5.91 Å². The zero-order chi connectivity index (χ0) is 17.9. The maximum absolute atomic E-state index is 12.7. The Bertz CT molecular complexity index is 748. The third-order valence-corrected chi connectivity index (χ3v) is 3.05. The van der Waals surface area contributed by atoms with Crippen LogP contribution in [0.4, 0.5) is 18.9 Å². The van der Waals surface area contributed by atoms with Crippen LogP contribution < -0.4 is 20.9 Å². The van der Waals surface area contributed by atoms with E-state index < -0.39 is 17.6 Å². The lowest BCUT2D eigenvalue weighted by atomic mass is 10.2. The fourth-order valence-corrected chi connectivity index (χ4v) is 1.85. The predicted octanol–water partition coefficient (Wildman–Crippen LogP) is 2.56. The molecule has 128 valence electrons. The molecule has 1 aromatic heterocycles. The maximum atomic E-state index is 12.7. The first-order chi connectivity index (χ1) is 11.2. The number of carbonyl (C=O) groups excluding carboxylic acids is 1. The van der Waals surface area contributed by atoms with Gasteiger partial charge in [0.1, 0.15) is 11.4 Å². The van der Waals surface area contributed by atoms with E-state index in [-0.39, 0.29) is 17.3 Å². The molecule has 1 aromatic carbocycles. The number of anilines is 1. The average molecular weight is 340 g/mol. The Morgan fingerprint density at radius 3 is 2.54 bits per heavy atom. The molecule has 6 nitrogen and oxygen atoms in total. The van der Waals surface area contributed by atoms with Gasteiger partial charge in [0.15, 0.2) is 0 Å². The number of nitrogens with one attached hydrogen (secondary N) is 1. The van der Waals surface area contributed by atoms with Crippen molar-refractivity contribution < 1.29 is 22.7 Å². The zero-order valence-electron chi connectivity index (χ0n) is 12.9. The van der Waals surface area contributed by atoms with Crippen LogP contribution in [0.1, 0.15) is 16.1 Å². The van der Waals surface area contributed by atoms with Crippen LogP contribution in [-0.4, -0.2) is 25.0 Å². The van der Waals surface area contributed by atoms with E-state index in [0.717, 1.165) is 12.1 Å². The Morgan fingerprint density at radius 1 is 1.25 bits per heavy atom. The highest BCUT2D eigenvalue weighted by atomic mass is 19.4. The molecule has 2 rings (SSSR count). The SMILES string of the molecule is CN(C)c1cc(Oc2cccc(C(F)(F)F)c2)nc(C(=O)NN)c1. The number of pyridine rings is 1. The minimum atomic E-state index is -4.48. The minimum absolute atomic E-state index is 0.0225. The third-order valence-electron chi connectivity index (χ3n) is 3.05. The summed E-state index contributed by atoms with van der Waals surface area (Å²) in [6.45, 7) is 0. The largest absolute Gasteiger partial charge is 0.439 e. The predicted molar refractivity (Wildman–Crippen MR) is 81.7 cm³/mol. The Balaban J connectivity index is 2.39. The van der Waals surface area contributed by atoms with E-state index in [1.165, 1.54) is 24.3 Å². The van der Waals surface area contributed by atoms with Crippen LogP contribution in [0.25, 0.3) is 0 Å². The van der Waals surface area contributed by atoms with E-state index in [9.17, 15) is 18.0 Å². The molecule has 0 saturated heterocycles. The van der Waals surface area contributed by atoms with Crippen molar-refractivity contribution in [2.24, 2.45) is 5.84 Å². The second kappa shape index (κ2) is 6.75. The molecule has 1 amide bonds. The number of aromatic nitrogens is 1. The normalized spacial score (nSPS) is 11.1. The summed E-state index contributed by atoms with van der Waals surface area (Å²) in [6.07, 6.45) is -4.48. The van der Waals surface area contributed by atoms with Crippen molar-refractivity contribution in [3.8, 4) is 11.6 Å². The molecule has 0 aliphatic rings. The third kappa shape index (κ3) is 4.13. The van der Waals surface area contributed by atoms with Gasteiger partial charge in [-0.1, -0.05) is 6.07 Å². The number of halogens is 3. The Kier molecular flexibility index (Phi) is 4.93. The summed E-state index contributed by atoms with van der Waals surface area (Å²) in [5.74, 6) is 4.36. The monoisotopic (exact) mass is 340 g/mol. The number of hydrazine groups is 1. The van der Waals surface area contributed by atoms with E-state index in [4.69, 9.17) is 10.6 Å². The summed E-state index contributed by atoms with van der Waals surface area (Å²) < 4.78 is 43.6. The highest BCUT2D eigenvalue weighted by Gasteiger charge is 2.30. The Hall–Kier alpha value is -2.81. The molecule has 1 heterocycles. The van der Waals surface area contributed by atoms with Crippen LogP contribution in [0, 0.1) is 0 Å². The van der Waals surface area contributed by atoms with Crippen molar-refractivity contribution in [2.45, 2.75) is 6.18 Å². The molecule has 3 N–H and O–H groups in total. The molecule has 2 aromatic rings. The standard InChI is InChI=1S/C15H15F3N4O2/c1-22(2)10-7-12(14(23)21-19)20-13(8-10)24-11-5-3-4-9(6-11)15(16,17)18/h3-8H,19H2,1-2H3,(H,21,23). The number of rotatable bonds is 4. The van der Waals surface area contributed by atoms with Crippen molar-refractivity contribution in [2.75, 3.05) is 19.0 Å². The number of hydrogen-bond donors (Lipinski definition) is 2. The lowest BCUT2D eigenvalue weighted by Gasteiger charge is -2.15. The smallest absolute Gasteiger partial charge is 0.416 e. The first-order valence-electron chi connectivity index (χ1n) is 6.76. The van der Waals surface area contributed by atoms with Crippen molar-refractivity contribution in [1.29, 1.82) is 0 Å². The minimum Gasteiger partial charge on any atom is -0.439 e. The lowest BCUT2D eigenvalue weighted by Crippen LogP contribution is -2.31. The fourth-order valence-electron chi connectivity index (χ4n) is 1.85. The van der Waals surface area contributed by atoms with Gasteiger partial charge in [-0.15, -0.1) is 0 Å². The van der Waals surface area contributed by atoms with Crippen LogP contribution in [0.5, 0.6) is 11.6 Å². The summed E-state index contributed by atoms with van der Waals surface area (Å²) in [6, 6.07) is 7.34. The topological polar surface area (TPSA) is 80.5 Å². The molecule has 9 heteroatoms. The zero-order valence-corrected chi connectivity index (χ0v) is 12.9. The summed E-state index contributed by atoms with van der Waals surface area (Å²) in [7, 11) is 3.46. The van der Waals surface area contributed by atoms with Crippen LogP contribution in [0.15, 0.2) is 36.4 Å². The highest BCUT2D eigenvalue weighted by Crippen LogP contribution is 2.33. The van der Waals surface area contributed by atoms with Crippen molar-refractivity contribution >= 4 is 11.6 Å². The van der Waals surface area contributed by atoms with Gasteiger partial charge < -0.3 is 9.64 Å². The number of amides is 1. The van der Waals surface area contributed by atoms with Gasteiger partial charge in [-0.25, -0.2) is 10.8 Å². The molecule has 0 atom stereocenters. The van der Waals surface area contributed by atoms with Gasteiger partial charge in [0, 0.05) is 25.8 Å². The van der Waals surface area contributed by atoms with Crippen LogP contribution >= 0.6 is 0 Å². The number of carbonyl (C=O) groups is 1. The molecule has 0 unspecified atom stereocenters. The number of nitrogen functional groups attached to an aromatic ring is 1. The van der Waals surface area contributed by atoms with E-state index in [2.05, 4.69) is 4.98 Å². The molecule has 0 bridgehead atoms. The molecular formula is C15H15F3N4O2. The number of hydrogen-bond acceptors (Lipinski definition) is 5. The van der Waals surface area contributed by atoms with Crippen LogP contribution in [0.3, 0.4) is 0 Å². The molecule has 0 radical (unpaired) electrons. The van der Waals surface area contributed by atoms with Gasteiger partial charge in [-0.2, -0.15) is 13.2 Å². The lowest BCUT2D eigenvalue weighted by molar-refractivity contribution is -0.137. The second-order valence-corrected chi connectivity index (χ2v) is 5.04. The van der Waals surface area contributed by atoms with Gasteiger partial charge in [0.05, 0.1) is 5.56 Å². The molecule has 24 heavy (non-hydrogen) atoms. The first kappa shape index (κ1) is 17.5. The second-order valence-electron chi connectivity index (χ2n) is 5.04.